The second kappa shape index (κ2) is 4.11. The quantitative estimate of drug-likeness (QED) is 0.720. The van der Waals surface area contributed by atoms with Crippen LogP contribution in [0.3, 0.4) is 0 Å². The molecule has 0 bridgehead atoms. The molecular formula is C10H17N3O. The number of aliphatic hydroxyl groups excluding tert-OH is 1. The first-order valence-corrected chi connectivity index (χ1v) is 5.15. The number of nitrogens with zero attached hydrogens (tertiary/aromatic N) is 2. The molecule has 78 valence electrons. The van der Waals surface area contributed by atoms with E-state index in [0.29, 0.717) is 5.92 Å². The molecule has 4 heteroatoms. The first-order valence-electron chi connectivity index (χ1n) is 5.15. The molecular weight excluding hydrogens is 178 g/mol. The van der Waals surface area contributed by atoms with Crippen molar-refractivity contribution in [3.63, 3.8) is 0 Å². The van der Waals surface area contributed by atoms with E-state index >= 15 is 0 Å². The van der Waals surface area contributed by atoms with Crippen LogP contribution >= 0.6 is 0 Å². The third-order valence-electron chi connectivity index (χ3n) is 2.95. The van der Waals surface area contributed by atoms with Gasteiger partial charge in [-0.25, -0.2) is 4.98 Å². The average Bonchev–Trinajstić information content (AvgIpc) is 2.65. The van der Waals surface area contributed by atoms with Gasteiger partial charge in [0.2, 0.25) is 0 Å². The summed E-state index contributed by atoms with van der Waals surface area (Å²) < 4.78 is 1.90. The van der Waals surface area contributed by atoms with E-state index in [1.807, 2.05) is 17.8 Å². The van der Waals surface area contributed by atoms with Gasteiger partial charge < -0.3 is 15.0 Å². The molecule has 0 aromatic carbocycles. The molecule has 1 aliphatic heterocycles. The molecule has 1 aliphatic rings. The highest BCUT2D eigenvalue weighted by atomic mass is 16.3. The van der Waals surface area contributed by atoms with Crippen molar-refractivity contribution in [2.24, 2.45) is 13.0 Å². The molecule has 0 saturated carbocycles. The van der Waals surface area contributed by atoms with Gasteiger partial charge in [0.05, 0.1) is 0 Å². The lowest BCUT2D eigenvalue weighted by Crippen LogP contribution is -2.31. The number of nitrogens with one attached hydrogen (secondary N) is 1. The van der Waals surface area contributed by atoms with Gasteiger partial charge in [-0.3, -0.25) is 0 Å². The third-order valence-corrected chi connectivity index (χ3v) is 2.95. The van der Waals surface area contributed by atoms with E-state index in [0.717, 1.165) is 31.8 Å². The summed E-state index contributed by atoms with van der Waals surface area (Å²) in [6.45, 7) is 2.01. The summed E-state index contributed by atoms with van der Waals surface area (Å²) in [5.74, 6) is 1.15. The zero-order valence-corrected chi connectivity index (χ0v) is 8.48. The van der Waals surface area contributed by atoms with Crippen LogP contribution in [0.4, 0.5) is 0 Å². The maximum absolute atomic E-state index is 10.1. The third kappa shape index (κ3) is 1.81. The summed E-state index contributed by atoms with van der Waals surface area (Å²) in [5, 5.41) is 13.4. The van der Waals surface area contributed by atoms with Crippen LogP contribution in [0.5, 0.6) is 0 Å². The van der Waals surface area contributed by atoms with E-state index in [1.165, 1.54) is 0 Å². The van der Waals surface area contributed by atoms with Gasteiger partial charge in [0, 0.05) is 19.4 Å². The van der Waals surface area contributed by atoms with E-state index in [1.54, 1.807) is 6.20 Å². The zero-order valence-electron chi connectivity index (χ0n) is 8.48. The number of piperidine rings is 1. The Morgan fingerprint density at radius 2 is 2.29 bits per heavy atom. The Morgan fingerprint density at radius 1 is 1.57 bits per heavy atom. The summed E-state index contributed by atoms with van der Waals surface area (Å²) in [4.78, 5) is 4.18. The molecule has 4 nitrogen and oxygen atoms in total. The van der Waals surface area contributed by atoms with Crippen LogP contribution in [-0.2, 0) is 7.05 Å². The molecule has 1 aromatic rings. The SMILES string of the molecule is Cn1ccnc1[C@@H](O)C1CCNCC1. The molecule has 1 saturated heterocycles. The van der Waals surface area contributed by atoms with Gasteiger partial charge in [-0.2, -0.15) is 0 Å². The average molecular weight is 195 g/mol. The summed E-state index contributed by atoms with van der Waals surface area (Å²) >= 11 is 0. The molecule has 0 amide bonds. The van der Waals surface area contributed by atoms with E-state index in [9.17, 15) is 5.11 Å². The molecule has 0 unspecified atom stereocenters. The van der Waals surface area contributed by atoms with Crippen LogP contribution in [-0.4, -0.2) is 27.7 Å². The van der Waals surface area contributed by atoms with E-state index in [-0.39, 0.29) is 0 Å². The number of aliphatic hydroxyl groups is 1. The lowest BCUT2D eigenvalue weighted by atomic mass is 9.92. The van der Waals surface area contributed by atoms with Crippen molar-refractivity contribution < 1.29 is 5.11 Å². The van der Waals surface area contributed by atoms with Gasteiger partial charge in [0.15, 0.2) is 0 Å². The number of hydrogen-bond acceptors (Lipinski definition) is 3. The molecule has 2 heterocycles. The van der Waals surface area contributed by atoms with Crippen molar-refractivity contribution >= 4 is 0 Å². The summed E-state index contributed by atoms with van der Waals surface area (Å²) in [6.07, 6.45) is 5.28. The fourth-order valence-corrected chi connectivity index (χ4v) is 2.03. The maximum atomic E-state index is 10.1. The summed E-state index contributed by atoms with van der Waals surface area (Å²) in [7, 11) is 1.92. The van der Waals surface area contributed by atoms with E-state index in [4.69, 9.17) is 0 Å². The highest BCUT2D eigenvalue weighted by molar-refractivity contribution is 4.98. The Balaban J connectivity index is 2.07. The van der Waals surface area contributed by atoms with Crippen LogP contribution in [0.15, 0.2) is 12.4 Å². The predicted octanol–water partition coefficient (Wildman–Crippen LogP) is 0.453. The van der Waals surface area contributed by atoms with Gasteiger partial charge in [-0.05, 0) is 31.8 Å². The first kappa shape index (κ1) is 9.68. The molecule has 1 atom stereocenters. The van der Waals surface area contributed by atoms with Crippen molar-refractivity contribution in [3.05, 3.63) is 18.2 Å². The van der Waals surface area contributed by atoms with Crippen molar-refractivity contribution in [2.45, 2.75) is 18.9 Å². The Bertz CT molecular complexity index is 291. The number of hydrogen-bond donors (Lipinski definition) is 2. The molecule has 2 N–H and O–H groups in total. The second-order valence-electron chi connectivity index (χ2n) is 3.93. The first-order chi connectivity index (χ1) is 6.79. The highest BCUT2D eigenvalue weighted by Crippen LogP contribution is 2.27. The molecule has 1 aromatic heterocycles. The lowest BCUT2D eigenvalue weighted by Gasteiger charge is -2.26. The van der Waals surface area contributed by atoms with Crippen LogP contribution in [0.2, 0.25) is 0 Å². The number of aryl methyl sites for hydroxylation is 1. The molecule has 1 fully saturated rings. The Morgan fingerprint density at radius 3 is 2.86 bits per heavy atom. The standard InChI is InChI=1S/C10H17N3O/c1-13-7-6-12-10(13)9(14)8-2-4-11-5-3-8/h6-9,11,14H,2-5H2,1H3/t9-/m0/s1. The minimum atomic E-state index is -0.405. The summed E-state index contributed by atoms with van der Waals surface area (Å²) in [5.41, 5.74) is 0. The lowest BCUT2D eigenvalue weighted by molar-refractivity contribution is 0.0787. The normalized spacial score (nSPS) is 21.0. The minimum Gasteiger partial charge on any atom is -0.385 e. The van der Waals surface area contributed by atoms with Gasteiger partial charge >= 0.3 is 0 Å². The molecule has 0 spiro atoms. The van der Waals surface area contributed by atoms with E-state index in [2.05, 4.69) is 10.3 Å². The Hall–Kier alpha value is -0.870. The van der Waals surface area contributed by atoms with Crippen LogP contribution < -0.4 is 5.32 Å². The van der Waals surface area contributed by atoms with Crippen LogP contribution in [0, 0.1) is 5.92 Å². The predicted molar refractivity (Wildman–Crippen MR) is 53.8 cm³/mol. The number of imidazole rings is 1. The van der Waals surface area contributed by atoms with Gasteiger partial charge in [0.1, 0.15) is 11.9 Å². The number of rotatable bonds is 2. The monoisotopic (exact) mass is 195 g/mol. The smallest absolute Gasteiger partial charge is 0.137 e. The second-order valence-corrected chi connectivity index (χ2v) is 3.93. The molecule has 2 rings (SSSR count). The molecule has 0 aliphatic carbocycles. The summed E-state index contributed by atoms with van der Waals surface area (Å²) in [6, 6.07) is 0. The maximum Gasteiger partial charge on any atom is 0.137 e. The largest absolute Gasteiger partial charge is 0.385 e. The van der Waals surface area contributed by atoms with Gasteiger partial charge in [-0.1, -0.05) is 0 Å². The molecule has 0 radical (unpaired) electrons. The highest BCUT2D eigenvalue weighted by Gasteiger charge is 2.25. The molecule has 14 heavy (non-hydrogen) atoms. The number of aromatic nitrogens is 2. The van der Waals surface area contributed by atoms with Gasteiger partial charge in [0.25, 0.3) is 0 Å². The van der Waals surface area contributed by atoms with Crippen LogP contribution in [0.25, 0.3) is 0 Å². The van der Waals surface area contributed by atoms with Crippen molar-refractivity contribution in [1.29, 1.82) is 0 Å². The Labute approximate surface area is 84.0 Å². The van der Waals surface area contributed by atoms with Crippen molar-refractivity contribution in [2.75, 3.05) is 13.1 Å². The zero-order chi connectivity index (χ0) is 9.97. The Kier molecular flexibility index (Phi) is 2.84. The van der Waals surface area contributed by atoms with Crippen molar-refractivity contribution in [1.82, 2.24) is 14.9 Å². The topological polar surface area (TPSA) is 50.1 Å². The van der Waals surface area contributed by atoms with Crippen molar-refractivity contribution in [3.8, 4) is 0 Å². The fourth-order valence-electron chi connectivity index (χ4n) is 2.03. The van der Waals surface area contributed by atoms with Gasteiger partial charge in [-0.15, -0.1) is 0 Å². The fraction of sp³-hybridized carbons (Fsp3) is 0.700. The minimum absolute atomic E-state index is 0.359. The van der Waals surface area contributed by atoms with Crippen LogP contribution in [0.1, 0.15) is 24.8 Å². The van der Waals surface area contributed by atoms with E-state index < -0.39 is 6.10 Å².